The van der Waals surface area contributed by atoms with Crippen LogP contribution in [-0.4, -0.2) is 22.8 Å². The van der Waals surface area contributed by atoms with Gasteiger partial charge in [0.05, 0.1) is 0 Å². The van der Waals surface area contributed by atoms with Crippen molar-refractivity contribution in [1.82, 2.24) is 10.3 Å². The van der Waals surface area contributed by atoms with Crippen LogP contribution in [0.5, 0.6) is 5.75 Å². The van der Waals surface area contributed by atoms with Crippen LogP contribution in [-0.2, 0) is 0 Å². The minimum Gasteiger partial charge on any atom is -0.490 e. The van der Waals surface area contributed by atoms with Crippen LogP contribution in [0.25, 0.3) is 22.2 Å². The molecule has 0 radical (unpaired) electrons. The Morgan fingerprint density at radius 3 is 2.72 bits per heavy atom. The number of aromatic nitrogens is 2. The molecule has 0 bridgehead atoms. The molecule has 29 heavy (non-hydrogen) atoms. The van der Waals surface area contributed by atoms with E-state index in [-0.39, 0.29) is 11.4 Å². The van der Waals surface area contributed by atoms with Crippen LogP contribution in [0.3, 0.4) is 0 Å². The molecule has 8 nitrogen and oxygen atoms in total. The molecule has 2 aromatic carbocycles. The van der Waals surface area contributed by atoms with E-state index in [1.807, 2.05) is 0 Å². The van der Waals surface area contributed by atoms with Gasteiger partial charge >= 0.3 is 5.63 Å². The maximum Gasteiger partial charge on any atom is 0.349 e. The van der Waals surface area contributed by atoms with Gasteiger partial charge in [0.25, 0.3) is 5.91 Å². The van der Waals surface area contributed by atoms with Gasteiger partial charge < -0.3 is 14.5 Å². The van der Waals surface area contributed by atoms with Crippen LogP contribution in [0, 0.1) is 0 Å². The van der Waals surface area contributed by atoms with Crippen molar-refractivity contribution in [2.75, 3.05) is 11.9 Å². The Balaban J connectivity index is 1.59. The summed E-state index contributed by atoms with van der Waals surface area (Å²) in [4.78, 5) is 24.8. The number of ether oxygens (including phenoxy) is 1. The number of benzene rings is 2. The van der Waals surface area contributed by atoms with Gasteiger partial charge in [0, 0.05) is 10.9 Å². The maximum absolute atomic E-state index is 12.6. The van der Waals surface area contributed by atoms with Crippen molar-refractivity contribution < 1.29 is 18.6 Å². The molecule has 4 rings (SSSR count). The summed E-state index contributed by atoms with van der Waals surface area (Å²) in [7, 11) is 0. The van der Waals surface area contributed by atoms with Crippen LogP contribution >= 0.6 is 0 Å². The minimum absolute atomic E-state index is 0.0855. The number of amides is 1. The lowest BCUT2D eigenvalue weighted by Gasteiger charge is -2.05. The second kappa shape index (κ2) is 7.81. The van der Waals surface area contributed by atoms with E-state index in [4.69, 9.17) is 13.8 Å². The van der Waals surface area contributed by atoms with Crippen LogP contribution in [0.15, 0.2) is 81.1 Å². The third kappa shape index (κ3) is 3.77. The molecule has 2 aromatic heterocycles. The van der Waals surface area contributed by atoms with E-state index in [0.29, 0.717) is 34.6 Å². The zero-order chi connectivity index (χ0) is 20.2. The summed E-state index contributed by atoms with van der Waals surface area (Å²) in [6.07, 6.45) is 1.65. The monoisotopic (exact) mass is 389 g/mol. The van der Waals surface area contributed by atoms with Crippen LogP contribution < -0.4 is 15.7 Å². The first kappa shape index (κ1) is 18.2. The summed E-state index contributed by atoms with van der Waals surface area (Å²) in [5.74, 6) is 0.0687. The zero-order valence-corrected chi connectivity index (χ0v) is 15.1. The third-order valence-corrected chi connectivity index (χ3v) is 4.10. The number of rotatable bonds is 6. The lowest BCUT2D eigenvalue weighted by Crippen LogP contribution is -2.21. The Labute approximate surface area is 164 Å². The molecule has 1 amide bonds. The molecular formula is C21H15N3O5. The molecule has 144 valence electrons. The Hall–Kier alpha value is -4.20. The largest absolute Gasteiger partial charge is 0.490 e. The average Bonchev–Trinajstić information content (AvgIpc) is 3.20. The molecule has 0 aliphatic carbocycles. The number of hydrogen-bond acceptors (Lipinski definition) is 7. The Morgan fingerprint density at radius 2 is 1.93 bits per heavy atom. The van der Waals surface area contributed by atoms with Crippen LogP contribution in [0.1, 0.15) is 10.4 Å². The fourth-order valence-corrected chi connectivity index (χ4v) is 2.72. The second-order valence-electron chi connectivity index (χ2n) is 6.02. The van der Waals surface area contributed by atoms with Crippen LogP contribution in [0.4, 0.5) is 5.82 Å². The summed E-state index contributed by atoms with van der Waals surface area (Å²) in [6.45, 7) is 3.99. The van der Waals surface area contributed by atoms with Gasteiger partial charge in [0.2, 0.25) is 5.82 Å². The highest BCUT2D eigenvalue weighted by Crippen LogP contribution is 2.26. The van der Waals surface area contributed by atoms with Gasteiger partial charge in [-0.15, -0.1) is 0 Å². The molecule has 0 spiro atoms. The summed E-state index contributed by atoms with van der Waals surface area (Å²) in [5.41, 5.74) is 0.474. The first-order chi connectivity index (χ1) is 14.2. The Bertz CT molecular complexity index is 1240. The summed E-state index contributed by atoms with van der Waals surface area (Å²) < 4.78 is 15.4. The number of nitrogens with one attached hydrogen (secondary N) is 1. The van der Waals surface area contributed by atoms with E-state index in [0.717, 1.165) is 0 Å². The number of fused-ring (bicyclic) bond motifs is 1. The van der Waals surface area contributed by atoms with E-state index in [2.05, 4.69) is 22.2 Å². The highest BCUT2D eigenvalue weighted by Gasteiger charge is 2.19. The first-order valence-corrected chi connectivity index (χ1v) is 8.66. The SMILES string of the molecule is C=CCOc1ccc(-c2nonc2NC(=O)c2cc3ccccc3oc2=O)cc1. The highest BCUT2D eigenvalue weighted by molar-refractivity contribution is 6.06. The third-order valence-electron chi connectivity index (χ3n) is 4.10. The van der Waals surface area contributed by atoms with E-state index >= 15 is 0 Å². The van der Waals surface area contributed by atoms with E-state index in [9.17, 15) is 9.59 Å². The Morgan fingerprint density at radius 1 is 1.14 bits per heavy atom. The van der Waals surface area contributed by atoms with E-state index in [1.54, 1.807) is 54.6 Å². The summed E-state index contributed by atoms with van der Waals surface area (Å²) >= 11 is 0. The molecule has 0 saturated heterocycles. The van der Waals surface area contributed by atoms with Crippen molar-refractivity contribution >= 4 is 22.7 Å². The topological polar surface area (TPSA) is 107 Å². The van der Waals surface area contributed by atoms with Crippen molar-refractivity contribution in [3.8, 4) is 17.0 Å². The predicted octanol–water partition coefficient (Wildman–Crippen LogP) is 3.66. The molecule has 1 N–H and O–H groups in total. The predicted molar refractivity (Wildman–Crippen MR) is 106 cm³/mol. The van der Waals surface area contributed by atoms with E-state index < -0.39 is 11.5 Å². The molecule has 0 unspecified atom stereocenters. The van der Waals surface area contributed by atoms with Gasteiger partial charge in [-0.2, -0.15) is 0 Å². The van der Waals surface area contributed by atoms with Crippen molar-refractivity contribution in [2.45, 2.75) is 0 Å². The van der Waals surface area contributed by atoms with Crippen molar-refractivity contribution in [3.05, 3.63) is 83.2 Å². The molecule has 0 saturated carbocycles. The maximum atomic E-state index is 12.6. The Kier molecular flexibility index (Phi) is 4.90. The standard InChI is InChI=1S/C21H15N3O5/c1-2-11-27-15-9-7-13(8-10-15)18-19(24-29-23-18)22-20(25)16-12-14-5-3-4-6-17(14)28-21(16)26/h2-10,12H,1,11H2,(H,22,24,25). The van der Waals surface area contributed by atoms with E-state index in [1.165, 1.54) is 6.07 Å². The molecule has 0 atom stereocenters. The van der Waals surface area contributed by atoms with Gasteiger partial charge in [-0.05, 0) is 46.7 Å². The minimum atomic E-state index is -0.747. The molecular weight excluding hydrogens is 374 g/mol. The number of hydrogen-bond donors (Lipinski definition) is 1. The van der Waals surface area contributed by atoms with Crippen LogP contribution in [0.2, 0.25) is 0 Å². The average molecular weight is 389 g/mol. The second-order valence-corrected chi connectivity index (χ2v) is 6.02. The molecule has 0 fully saturated rings. The number of carbonyl (C=O) groups is 1. The quantitative estimate of drug-likeness (QED) is 0.396. The first-order valence-electron chi connectivity index (χ1n) is 8.66. The van der Waals surface area contributed by atoms with Crippen molar-refractivity contribution in [2.24, 2.45) is 0 Å². The molecule has 8 heteroatoms. The smallest absolute Gasteiger partial charge is 0.349 e. The number of nitrogens with zero attached hydrogens (tertiary/aromatic N) is 2. The summed E-state index contributed by atoms with van der Waals surface area (Å²) in [6, 6.07) is 15.4. The molecule has 4 aromatic rings. The molecule has 2 heterocycles. The van der Waals surface area contributed by atoms with Crippen molar-refractivity contribution in [3.63, 3.8) is 0 Å². The fraction of sp³-hybridized carbons (Fsp3) is 0.0476. The van der Waals surface area contributed by atoms with Gasteiger partial charge in [-0.25, -0.2) is 9.42 Å². The lowest BCUT2D eigenvalue weighted by molar-refractivity contribution is 0.102. The van der Waals surface area contributed by atoms with Gasteiger partial charge in [0.15, 0.2) is 5.69 Å². The van der Waals surface area contributed by atoms with Gasteiger partial charge in [-0.1, -0.05) is 30.9 Å². The lowest BCUT2D eigenvalue weighted by atomic mass is 10.1. The molecule has 0 aliphatic rings. The zero-order valence-electron chi connectivity index (χ0n) is 15.1. The fourth-order valence-electron chi connectivity index (χ4n) is 2.72. The van der Waals surface area contributed by atoms with Gasteiger partial charge in [-0.3, -0.25) is 4.79 Å². The number of para-hydroxylation sites is 1. The molecule has 0 aliphatic heterocycles. The normalized spacial score (nSPS) is 10.6. The van der Waals surface area contributed by atoms with Gasteiger partial charge in [0.1, 0.15) is 23.5 Å². The number of carbonyl (C=O) groups excluding carboxylic acids is 1. The summed E-state index contributed by atoms with van der Waals surface area (Å²) in [5, 5.41) is 10.7. The number of anilines is 1. The highest BCUT2D eigenvalue weighted by atomic mass is 16.6. The van der Waals surface area contributed by atoms with Crippen molar-refractivity contribution in [1.29, 1.82) is 0 Å².